The number of carbonyl (C=O) groups is 2. The maximum absolute atomic E-state index is 13.2. The summed E-state index contributed by atoms with van der Waals surface area (Å²) >= 11 is 0. The number of benzene rings is 1. The van der Waals surface area contributed by atoms with Crippen LogP contribution < -0.4 is 16.0 Å². The fraction of sp³-hybridized carbons (Fsp3) is 0.174. The number of imidazole rings is 1. The van der Waals surface area contributed by atoms with Crippen molar-refractivity contribution in [1.29, 1.82) is 0 Å². The number of halogens is 1. The minimum atomic E-state index is -0.998. The molecule has 0 spiro atoms. The van der Waals surface area contributed by atoms with E-state index in [1.54, 1.807) is 25.2 Å². The second-order valence-corrected chi connectivity index (χ2v) is 7.70. The van der Waals surface area contributed by atoms with Gasteiger partial charge in [0.1, 0.15) is 6.17 Å². The molecule has 0 unspecified atom stereocenters. The van der Waals surface area contributed by atoms with Crippen molar-refractivity contribution in [1.82, 2.24) is 24.9 Å². The molecule has 33 heavy (non-hydrogen) atoms. The third-order valence-electron chi connectivity index (χ3n) is 5.35. The predicted octanol–water partition coefficient (Wildman–Crippen LogP) is 3.23. The molecule has 2 atom stereocenters. The highest BCUT2D eigenvalue weighted by Crippen LogP contribution is 2.27. The van der Waals surface area contributed by atoms with Crippen molar-refractivity contribution < 1.29 is 14.0 Å². The van der Waals surface area contributed by atoms with E-state index in [-0.39, 0.29) is 5.69 Å². The molecule has 10 heteroatoms. The van der Waals surface area contributed by atoms with Crippen LogP contribution in [0.3, 0.4) is 0 Å². The lowest BCUT2D eigenvalue weighted by atomic mass is 10.1. The molecule has 3 heterocycles. The zero-order valence-corrected chi connectivity index (χ0v) is 17.6. The van der Waals surface area contributed by atoms with Gasteiger partial charge in [-0.2, -0.15) is 0 Å². The number of nitrogens with zero attached hydrogens (tertiary/aromatic N) is 4. The molecule has 1 fully saturated rings. The largest absolute Gasteiger partial charge is 0.385 e. The van der Waals surface area contributed by atoms with Gasteiger partial charge in [-0.1, -0.05) is 12.1 Å². The van der Waals surface area contributed by atoms with Crippen LogP contribution in [0.4, 0.5) is 21.6 Å². The van der Waals surface area contributed by atoms with E-state index in [4.69, 9.17) is 0 Å². The van der Waals surface area contributed by atoms with E-state index in [2.05, 4.69) is 31.0 Å². The molecule has 0 bridgehead atoms. The summed E-state index contributed by atoms with van der Waals surface area (Å²) in [6.45, 7) is 0. The van der Waals surface area contributed by atoms with Crippen molar-refractivity contribution in [3.05, 3.63) is 66.1 Å². The highest BCUT2D eigenvalue weighted by Gasteiger charge is 2.39. The summed E-state index contributed by atoms with van der Waals surface area (Å²) in [7, 11) is 1.75. The summed E-state index contributed by atoms with van der Waals surface area (Å²) in [6, 6.07) is 12.4. The highest BCUT2D eigenvalue weighted by molar-refractivity contribution is 5.94. The normalized spacial score (nSPS) is 16.9. The van der Waals surface area contributed by atoms with Crippen LogP contribution in [0.5, 0.6) is 0 Å². The minimum Gasteiger partial charge on any atom is -0.385 e. The summed E-state index contributed by atoms with van der Waals surface area (Å²) in [5, 5.41) is 13.5. The molecular formula is C23H20FN7O2. The molecule has 166 valence electrons. The van der Waals surface area contributed by atoms with Gasteiger partial charge in [-0.3, -0.25) is 14.6 Å². The van der Waals surface area contributed by atoms with Gasteiger partial charge in [0.05, 0.1) is 23.6 Å². The minimum absolute atomic E-state index is 0.220. The van der Waals surface area contributed by atoms with Crippen LogP contribution in [0.15, 0.2) is 54.9 Å². The third-order valence-corrected chi connectivity index (χ3v) is 5.35. The lowest BCUT2D eigenvalue weighted by molar-refractivity contribution is 0.0940. The molecule has 5 rings (SSSR count). The van der Waals surface area contributed by atoms with Crippen LogP contribution in [0, 0.1) is 0 Å². The van der Waals surface area contributed by atoms with E-state index in [0.717, 1.165) is 23.2 Å². The second-order valence-electron chi connectivity index (χ2n) is 7.70. The molecule has 0 saturated heterocycles. The zero-order chi connectivity index (χ0) is 22.9. The van der Waals surface area contributed by atoms with Gasteiger partial charge in [0.15, 0.2) is 23.4 Å². The van der Waals surface area contributed by atoms with E-state index >= 15 is 0 Å². The fourth-order valence-electron chi connectivity index (χ4n) is 3.47. The average molecular weight is 445 g/mol. The number of pyridine rings is 1. The van der Waals surface area contributed by atoms with E-state index in [1.807, 2.05) is 24.3 Å². The molecule has 9 nitrogen and oxygen atoms in total. The Morgan fingerprint density at radius 1 is 1.18 bits per heavy atom. The van der Waals surface area contributed by atoms with Gasteiger partial charge in [-0.15, -0.1) is 5.10 Å². The second kappa shape index (κ2) is 8.30. The van der Waals surface area contributed by atoms with Crippen molar-refractivity contribution in [3.8, 4) is 11.3 Å². The van der Waals surface area contributed by atoms with Crippen molar-refractivity contribution in [2.75, 3.05) is 17.7 Å². The van der Waals surface area contributed by atoms with Crippen LogP contribution in [0.25, 0.3) is 16.9 Å². The summed E-state index contributed by atoms with van der Waals surface area (Å²) in [6.07, 6.45) is 3.03. The number of carbonyl (C=O) groups excluding carboxylic acids is 2. The van der Waals surface area contributed by atoms with E-state index < -0.39 is 18.1 Å². The Morgan fingerprint density at radius 2 is 2.03 bits per heavy atom. The summed E-state index contributed by atoms with van der Waals surface area (Å²) in [5.74, 6) is 0.0568. The molecule has 1 saturated carbocycles. The molecule has 0 aliphatic heterocycles. The first-order chi connectivity index (χ1) is 16.1. The molecule has 3 N–H and O–H groups in total. The number of fused-ring (bicyclic) bond motifs is 1. The SMILES string of the molecule is CNc1cc(Nc2cccc(-c3ccc(C=O)cn3)c2)nn2c(C(=O)N[C@@H]3C[C@@H]3F)cnc12. The first-order valence-electron chi connectivity index (χ1n) is 10.4. The molecule has 4 aromatic rings. The Bertz CT molecular complexity index is 1350. The summed E-state index contributed by atoms with van der Waals surface area (Å²) in [4.78, 5) is 32.1. The average Bonchev–Trinajstić information content (AvgIpc) is 3.35. The number of amides is 1. The van der Waals surface area contributed by atoms with Gasteiger partial charge in [-0.05, 0) is 24.3 Å². The maximum atomic E-state index is 13.2. The van der Waals surface area contributed by atoms with Crippen LogP contribution >= 0.6 is 0 Å². The first-order valence-corrected chi connectivity index (χ1v) is 10.4. The Balaban J connectivity index is 1.45. The van der Waals surface area contributed by atoms with E-state index in [1.165, 1.54) is 16.9 Å². The molecule has 1 amide bonds. The maximum Gasteiger partial charge on any atom is 0.271 e. The smallest absolute Gasteiger partial charge is 0.271 e. The van der Waals surface area contributed by atoms with Crippen LogP contribution in [0.2, 0.25) is 0 Å². The highest BCUT2D eigenvalue weighted by atomic mass is 19.1. The molecule has 1 aromatic carbocycles. The standard InChI is InChI=1S/C23H20FN7O2/c1-25-19-9-21(30-31-20(11-27-22(19)31)23(33)29-18-8-16(18)24)28-15-4-2-3-14(7-15)17-6-5-13(12-32)10-26-17/h2-7,9-12,16,18,25H,8H2,1H3,(H,28,30)(H,29,33)/t16-,18+/m0/s1. The van der Waals surface area contributed by atoms with Gasteiger partial charge in [0, 0.05) is 42.5 Å². The van der Waals surface area contributed by atoms with Crippen molar-refractivity contribution in [3.63, 3.8) is 0 Å². The third kappa shape index (κ3) is 4.10. The number of rotatable bonds is 7. The summed E-state index contributed by atoms with van der Waals surface area (Å²) < 4.78 is 14.7. The molecule has 1 aliphatic carbocycles. The molecule has 0 radical (unpaired) electrons. The van der Waals surface area contributed by atoms with Crippen LogP contribution in [0.1, 0.15) is 27.3 Å². The van der Waals surface area contributed by atoms with Gasteiger partial charge < -0.3 is 16.0 Å². The zero-order valence-electron chi connectivity index (χ0n) is 17.6. The molecular weight excluding hydrogens is 425 g/mol. The van der Waals surface area contributed by atoms with Crippen LogP contribution in [-0.2, 0) is 0 Å². The number of alkyl halides is 1. The predicted molar refractivity (Wildman–Crippen MR) is 122 cm³/mol. The lowest BCUT2D eigenvalue weighted by Gasteiger charge is -2.11. The number of hydrogen-bond donors (Lipinski definition) is 3. The topological polar surface area (TPSA) is 113 Å². The Hall–Kier alpha value is -4.34. The van der Waals surface area contributed by atoms with Gasteiger partial charge >= 0.3 is 0 Å². The Kier molecular flexibility index (Phi) is 5.17. The van der Waals surface area contributed by atoms with Crippen LogP contribution in [-0.4, -0.2) is 51.0 Å². The Labute approximate surface area is 188 Å². The number of anilines is 3. The monoisotopic (exact) mass is 445 g/mol. The van der Waals surface area contributed by atoms with E-state index in [9.17, 15) is 14.0 Å². The number of nitrogens with one attached hydrogen (secondary N) is 3. The van der Waals surface area contributed by atoms with E-state index in [0.29, 0.717) is 29.1 Å². The number of aldehydes is 1. The fourth-order valence-corrected chi connectivity index (χ4v) is 3.47. The van der Waals surface area contributed by atoms with Crippen molar-refractivity contribution >= 4 is 35.0 Å². The molecule has 3 aromatic heterocycles. The van der Waals surface area contributed by atoms with Crippen molar-refractivity contribution in [2.45, 2.75) is 18.6 Å². The number of aromatic nitrogens is 4. The number of hydrogen-bond acceptors (Lipinski definition) is 7. The van der Waals surface area contributed by atoms with Gasteiger partial charge in [0.25, 0.3) is 5.91 Å². The quantitative estimate of drug-likeness (QED) is 0.374. The Morgan fingerprint density at radius 3 is 2.73 bits per heavy atom. The lowest BCUT2D eigenvalue weighted by Crippen LogP contribution is -2.28. The molecule has 1 aliphatic rings. The van der Waals surface area contributed by atoms with Crippen molar-refractivity contribution in [2.24, 2.45) is 0 Å². The van der Waals surface area contributed by atoms with Gasteiger partial charge in [0.2, 0.25) is 0 Å². The summed E-state index contributed by atoms with van der Waals surface area (Å²) in [5.41, 5.74) is 4.22. The first kappa shape index (κ1) is 20.6. The van der Waals surface area contributed by atoms with Gasteiger partial charge in [-0.25, -0.2) is 13.9 Å².